The molecule has 4 heteroatoms. The second-order valence-electron chi connectivity index (χ2n) is 6.73. The molecule has 0 saturated heterocycles. The zero-order valence-electron chi connectivity index (χ0n) is 14.4. The van der Waals surface area contributed by atoms with E-state index in [0.29, 0.717) is 17.5 Å². The van der Waals surface area contributed by atoms with E-state index in [1.54, 1.807) is 24.0 Å². The van der Waals surface area contributed by atoms with Crippen LogP contribution in [0.3, 0.4) is 0 Å². The minimum atomic E-state index is -0.135. The first kappa shape index (κ1) is 15.6. The largest absolute Gasteiger partial charge is 0.320 e. The molecule has 25 heavy (non-hydrogen) atoms. The second kappa shape index (κ2) is 6.20. The molecule has 1 aliphatic carbocycles. The molecular weight excluding hydrogens is 310 g/mol. The van der Waals surface area contributed by atoms with Gasteiger partial charge in [0.05, 0.1) is 0 Å². The summed E-state index contributed by atoms with van der Waals surface area (Å²) in [5, 5.41) is 7.02. The maximum Gasteiger partial charge on any atom is 0.273 e. The van der Waals surface area contributed by atoms with Crippen molar-refractivity contribution in [2.24, 2.45) is 7.05 Å². The van der Waals surface area contributed by atoms with Crippen LogP contribution in [-0.4, -0.2) is 15.7 Å². The molecule has 0 spiro atoms. The van der Waals surface area contributed by atoms with Crippen LogP contribution in [0.1, 0.15) is 45.4 Å². The Balaban J connectivity index is 1.49. The van der Waals surface area contributed by atoms with E-state index >= 15 is 0 Å². The summed E-state index contributed by atoms with van der Waals surface area (Å²) in [6.07, 6.45) is 2.83. The van der Waals surface area contributed by atoms with Crippen LogP contribution in [0, 0.1) is 6.92 Å². The zero-order valence-corrected chi connectivity index (χ0v) is 14.4. The molecule has 1 aromatic heterocycles. The van der Waals surface area contributed by atoms with E-state index < -0.39 is 0 Å². The Labute approximate surface area is 147 Å². The van der Waals surface area contributed by atoms with Crippen molar-refractivity contribution in [1.29, 1.82) is 0 Å². The predicted molar refractivity (Wildman–Crippen MR) is 98.9 cm³/mol. The normalized spacial score (nSPS) is 18.8. The quantitative estimate of drug-likeness (QED) is 0.777. The van der Waals surface area contributed by atoms with E-state index in [1.165, 1.54) is 17.5 Å². The summed E-state index contributed by atoms with van der Waals surface area (Å²) in [6.45, 7) is 2.04. The van der Waals surface area contributed by atoms with E-state index in [4.69, 9.17) is 0 Å². The highest BCUT2D eigenvalue weighted by molar-refractivity contribution is 6.03. The first-order valence-corrected chi connectivity index (χ1v) is 8.58. The van der Waals surface area contributed by atoms with E-state index in [0.717, 1.165) is 11.3 Å². The zero-order chi connectivity index (χ0) is 17.4. The smallest absolute Gasteiger partial charge is 0.273 e. The monoisotopic (exact) mass is 331 g/mol. The van der Waals surface area contributed by atoms with E-state index in [9.17, 15) is 4.79 Å². The summed E-state index contributed by atoms with van der Waals surface area (Å²) in [5.41, 5.74) is 5.26. The van der Waals surface area contributed by atoms with Crippen molar-refractivity contribution in [2.75, 3.05) is 5.32 Å². The predicted octanol–water partition coefficient (Wildman–Crippen LogP) is 4.25. The van der Waals surface area contributed by atoms with Crippen molar-refractivity contribution >= 4 is 11.6 Å². The highest BCUT2D eigenvalue weighted by atomic mass is 16.2. The number of nitrogens with zero attached hydrogens (tertiary/aromatic N) is 2. The molecule has 1 aliphatic rings. The molecule has 2 aromatic carbocycles. The summed E-state index contributed by atoms with van der Waals surface area (Å²) >= 11 is 0. The fourth-order valence-electron chi connectivity index (χ4n) is 3.47. The number of hydrogen-bond donors (Lipinski definition) is 1. The van der Waals surface area contributed by atoms with Gasteiger partial charge in [-0.15, -0.1) is 0 Å². The van der Waals surface area contributed by atoms with Gasteiger partial charge in [0.25, 0.3) is 5.91 Å². The Bertz CT molecular complexity index is 914. The SMILES string of the molecule is Cc1cc(C2CC2c2ccccc2)ccc1NC(=O)c1ccnn1C. The van der Waals surface area contributed by atoms with Crippen molar-refractivity contribution in [3.63, 3.8) is 0 Å². The molecule has 1 fully saturated rings. The van der Waals surface area contributed by atoms with Crippen LogP contribution in [0.5, 0.6) is 0 Å². The second-order valence-corrected chi connectivity index (χ2v) is 6.73. The Morgan fingerprint density at radius 2 is 1.84 bits per heavy atom. The third kappa shape index (κ3) is 3.07. The average molecular weight is 331 g/mol. The van der Waals surface area contributed by atoms with Crippen LogP contribution in [0.4, 0.5) is 5.69 Å². The van der Waals surface area contributed by atoms with Crippen molar-refractivity contribution < 1.29 is 4.79 Å². The number of carbonyl (C=O) groups is 1. The summed E-state index contributed by atoms with van der Waals surface area (Å²) in [5.74, 6) is 1.07. The molecule has 126 valence electrons. The van der Waals surface area contributed by atoms with Gasteiger partial charge in [0.2, 0.25) is 0 Å². The number of carbonyl (C=O) groups excluding carboxylic acids is 1. The Hall–Kier alpha value is -2.88. The van der Waals surface area contributed by atoms with Crippen molar-refractivity contribution in [3.8, 4) is 0 Å². The van der Waals surface area contributed by atoms with Crippen LogP contribution in [0.15, 0.2) is 60.8 Å². The van der Waals surface area contributed by atoms with Gasteiger partial charge < -0.3 is 5.32 Å². The summed E-state index contributed by atoms with van der Waals surface area (Å²) in [4.78, 5) is 12.3. The molecule has 1 N–H and O–H groups in total. The summed E-state index contributed by atoms with van der Waals surface area (Å²) in [6, 6.07) is 18.8. The molecule has 0 aliphatic heterocycles. The topological polar surface area (TPSA) is 46.9 Å². The molecule has 0 bridgehead atoms. The standard InChI is InChI=1S/C21H21N3O/c1-14-12-16(18-13-17(18)15-6-4-3-5-7-15)8-9-19(14)23-21(25)20-10-11-22-24(20)2/h3-12,17-18H,13H2,1-2H3,(H,23,25). The minimum Gasteiger partial charge on any atom is -0.320 e. The molecule has 1 heterocycles. The van der Waals surface area contributed by atoms with Crippen molar-refractivity contribution in [3.05, 3.63) is 83.2 Å². The number of rotatable bonds is 4. The van der Waals surface area contributed by atoms with E-state index in [2.05, 4.69) is 52.9 Å². The number of benzene rings is 2. The van der Waals surface area contributed by atoms with Crippen molar-refractivity contribution in [2.45, 2.75) is 25.2 Å². The third-order valence-electron chi connectivity index (χ3n) is 5.00. The van der Waals surface area contributed by atoms with Gasteiger partial charge in [0, 0.05) is 18.9 Å². The Morgan fingerprint density at radius 3 is 2.52 bits per heavy atom. The van der Waals surface area contributed by atoms with Crippen molar-refractivity contribution in [1.82, 2.24) is 9.78 Å². The lowest BCUT2D eigenvalue weighted by Gasteiger charge is -2.10. The lowest BCUT2D eigenvalue weighted by atomic mass is 10.0. The molecule has 4 rings (SSSR count). The highest BCUT2D eigenvalue weighted by Gasteiger charge is 2.39. The van der Waals surface area contributed by atoms with Crippen LogP contribution in [-0.2, 0) is 7.05 Å². The maximum atomic E-state index is 12.3. The molecule has 4 nitrogen and oxygen atoms in total. The Morgan fingerprint density at radius 1 is 1.08 bits per heavy atom. The van der Waals surface area contributed by atoms with Gasteiger partial charge in [-0.25, -0.2) is 0 Å². The van der Waals surface area contributed by atoms with Crippen LogP contribution >= 0.6 is 0 Å². The third-order valence-corrected chi connectivity index (χ3v) is 5.00. The average Bonchev–Trinajstić information content (AvgIpc) is 3.31. The summed E-state index contributed by atoms with van der Waals surface area (Å²) < 4.78 is 1.58. The van der Waals surface area contributed by atoms with E-state index in [-0.39, 0.29) is 5.91 Å². The highest BCUT2D eigenvalue weighted by Crippen LogP contribution is 2.54. The van der Waals surface area contributed by atoms with Gasteiger partial charge in [0.1, 0.15) is 5.69 Å². The number of anilines is 1. The maximum absolute atomic E-state index is 12.3. The lowest BCUT2D eigenvalue weighted by molar-refractivity contribution is 0.101. The number of hydrogen-bond acceptors (Lipinski definition) is 2. The molecule has 3 aromatic rings. The first-order valence-electron chi connectivity index (χ1n) is 8.58. The molecule has 1 amide bonds. The number of amides is 1. The van der Waals surface area contributed by atoms with Gasteiger partial charge in [0.15, 0.2) is 0 Å². The van der Waals surface area contributed by atoms with Gasteiger partial charge >= 0.3 is 0 Å². The van der Waals surface area contributed by atoms with Crippen LogP contribution in [0.25, 0.3) is 0 Å². The van der Waals surface area contributed by atoms with Gasteiger partial charge in [-0.05, 0) is 54.0 Å². The molecule has 0 radical (unpaired) electrons. The molecule has 2 atom stereocenters. The fraction of sp³-hybridized carbons (Fsp3) is 0.238. The van der Waals surface area contributed by atoms with Crippen LogP contribution in [0.2, 0.25) is 0 Å². The lowest BCUT2D eigenvalue weighted by Crippen LogP contribution is -2.16. The van der Waals surface area contributed by atoms with E-state index in [1.807, 2.05) is 13.0 Å². The van der Waals surface area contributed by atoms with Gasteiger partial charge in [-0.2, -0.15) is 5.10 Å². The van der Waals surface area contributed by atoms with Gasteiger partial charge in [-0.1, -0.05) is 42.5 Å². The van der Waals surface area contributed by atoms with Gasteiger partial charge in [-0.3, -0.25) is 9.48 Å². The first-order chi connectivity index (χ1) is 12.1. The molecular formula is C21H21N3O. The number of nitrogens with one attached hydrogen (secondary N) is 1. The molecule has 1 saturated carbocycles. The van der Waals surface area contributed by atoms with Crippen LogP contribution < -0.4 is 5.32 Å². The fourth-order valence-corrected chi connectivity index (χ4v) is 3.47. The Kier molecular flexibility index (Phi) is 3.88. The number of aryl methyl sites for hydroxylation is 2. The summed E-state index contributed by atoms with van der Waals surface area (Å²) in [7, 11) is 1.77. The minimum absolute atomic E-state index is 0.135. The number of aromatic nitrogens is 2. The molecule has 2 unspecified atom stereocenters.